The van der Waals surface area contributed by atoms with Crippen molar-refractivity contribution in [3.63, 3.8) is 0 Å². The average Bonchev–Trinajstić information content (AvgIpc) is 2.32. The second-order valence-electron chi connectivity index (χ2n) is 5.84. The van der Waals surface area contributed by atoms with Gasteiger partial charge in [-0.2, -0.15) is 0 Å². The van der Waals surface area contributed by atoms with Crippen LogP contribution in [0.15, 0.2) is 18.3 Å². The molecule has 0 saturated carbocycles. The average molecular weight is 256 g/mol. The van der Waals surface area contributed by atoms with Crippen molar-refractivity contribution in [1.29, 1.82) is 0 Å². The standard InChI is InChI=1S/C15H20N4/c1-9-6-7-11(8-17-9)12-10(2)13(16)19-14(18-12)15(3,4)5/h6-8H,1-5H3,(H2,16,18,19). The highest BCUT2D eigenvalue weighted by Gasteiger charge is 2.20. The van der Waals surface area contributed by atoms with E-state index < -0.39 is 0 Å². The van der Waals surface area contributed by atoms with Gasteiger partial charge in [0, 0.05) is 28.4 Å². The van der Waals surface area contributed by atoms with Gasteiger partial charge in [-0.25, -0.2) is 9.97 Å². The fourth-order valence-electron chi connectivity index (χ4n) is 1.76. The highest BCUT2D eigenvalue weighted by atomic mass is 15.0. The van der Waals surface area contributed by atoms with Crippen LogP contribution in [-0.4, -0.2) is 15.0 Å². The van der Waals surface area contributed by atoms with Crippen molar-refractivity contribution in [2.24, 2.45) is 0 Å². The molecule has 19 heavy (non-hydrogen) atoms. The van der Waals surface area contributed by atoms with Crippen molar-refractivity contribution in [1.82, 2.24) is 15.0 Å². The minimum atomic E-state index is -0.130. The van der Waals surface area contributed by atoms with Gasteiger partial charge >= 0.3 is 0 Å². The summed E-state index contributed by atoms with van der Waals surface area (Å²) in [4.78, 5) is 13.4. The number of hydrogen-bond acceptors (Lipinski definition) is 4. The number of rotatable bonds is 1. The molecule has 0 aromatic carbocycles. The van der Waals surface area contributed by atoms with Gasteiger partial charge in [0.1, 0.15) is 11.6 Å². The van der Waals surface area contributed by atoms with E-state index in [0.717, 1.165) is 28.3 Å². The molecule has 0 bridgehead atoms. The smallest absolute Gasteiger partial charge is 0.136 e. The zero-order chi connectivity index (χ0) is 14.2. The van der Waals surface area contributed by atoms with Crippen molar-refractivity contribution in [3.05, 3.63) is 35.4 Å². The summed E-state index contributed by atoms with van der Waals surface area (Å²) in [6.07, 6.45) is 1.83. The maximum Gasteiger partial charge on any atom is 0.136 e. The molecule has 100 valence electrons. The Labute approximate surface area is 114 Å². The molecule has 0 radical (unpaired) electrons. The Morgan fingerprint density at radius 1 is 1.05 bits per heavy atom. The summed E-state index contributed by atoms with van der Waals surface area (Å²) in [5.74, 6) is 1.29. The van der Waals surface area contributed by atoms with Crippen LogP contribution in [0, 0.1) is 13.8 Å². The molecule has 0 aliphatic rings. The lowest BCUT2D eigenvalue weighted by molar-refractivity contribution is 0.546. The van der Waals surface area contributed by atoms with Crippen LogP contribution < -0.4 is 5.73 Å². The fourth-order valence-corrected chi connectivity index (χ4v) is 1.76. The molecule has 2 heterocycles. The van der Waals surface area contributed by atoms with Gasteiger partial charge in [-0.05, 0) is 26.0 Å². The number of pyridine rings is 1. The van der Waals surface area contributed by atoms with Crippen LogP contribution in [0.25, 0.3) is 11.3 Å². The van der Waals surface area contributed by atoms with E-state index in [1.165, 1.54) is 0 Å². The molecule has 4 nitrogen and oxygen atoms in total. The first-order chi connectivity index (χ1) is 8.79. The molecule has 0 spiro atoms. The number of anilines is 1. The van der Waals surface area contributed by atoms with Crippen molar-refractivity contribution in [2.45, 2.75) is 40.0 Å². The highest BCUT2D eigenvalue weighted by Crippen LogP contribution is 2.27. The Bertz CT molecular complexity index is 595. The summed E-state index contributed by atoms with van der Waals surface area (Å²) in [6, 6.07) is 3.99. The first-order valence-electron chi connectivity index (χ1n) is 6.36. The molecule has 0 atom stereocenters. The monoisotopic (exact) mass is 256 g/mol. The third-order valence-electron chi connectivity index (χ3n) is 3.04. The Balaban J connectivity index is 2.62. The Kier molecular flexibility index (Phi) is 3.27. The minimum absolute atomic E-state index is 0.130. The van der Waals surface area contributed by atoms with Gasteiger partial charge in [-0.1, -0.05) is 20.8 Å². The summed E-state index contributed by atoms with van der Waals surface area (Å²) >= 11 is 0. The van der Waals surface area contributed by atoms with Crippen LogP contribution in [0.3, 0.4) is 0 Å². The van der Waals surface area contributed by atoms with E-state index >= 15 is 0 Å². The van der Waals surface area contributed by atoms with Crippen LogP contribution in [0.4, 0.5) is 5.82 Å². The maximum atomic E-state index is 6.01. The summed E-state index contributed by atoms with van der Waals surface area (Å²) in [7, 11) is 0. The minimum Gasteiger partial charge on any atom is -0.383 e. The molecule has 0 fully saturated rings. The predicted molar refractivity (Wildman–Crippen MR) is 77.8 cm³/mol. The van der Waals surface area contributed by atoms with Crippen LogP contribution >= 0.6 is 0 Å². The SMILES string of the molecule is Cc1ccc(-c2nc(C(C)(C)C)nc(N)c2C)cn1. The molecule has 0 amide bonds. The van der Waals surface area contributed by atoms with Crippen molar-refractivity contribution in [2.75, 3.05) is 5.73 Å². The number of aromatic nitrogens is 3. The molecule has 2 aromatic heterocycles. The van der Waals surface area contributed by atoms with Crippen LogP contribution in [0.1, 0.15) is 37.9 Å². The second-order valence-corrected chi connectivity index (χ2v) is 5.84. The molecule has 2 aromatic rings. The zero-order valence-corrected chi connectivity index (χ0v) is 12.2. The van der Waals surface area contributed by atoms with E-state index in [1.807, 2.05) is 32.2 Å². The molecular weight excluding hydrogens is 236 g/mol. The fraction of sp³-hybridized carbons (Fsp3) is 0.400. The predicted octanol–water partition coefficient (Wildman–Crippen LogP) is 3.04. The molecule has 2 N–H and O–H groups in total. The van der Waals surface area contributed by atoms with E-state index in [9.17, 15) is 0 Å². The summed E-state index contributed by atoms with van der Waals surface area (Å²) in [6.45, 7) is 10.1. The largest absolute Gasteiger partial charge is 0.383 e. The van der Waals surface area contributed by atoms with Crippen molar-refractivity contribution < 1.29 is 0 Å². The van der Waals surface area contributed by atoms with Gasteiger partial charge in [0.25, 0.3) is 0 Å². The lowest BCUT2D eigenvalue weighted by atomic mass is 9.95. The van der Waals surface area contributed by atoms with Crippen molar-refractivity contribution in [3.8, 4) is 11.3 Å². The quantitative estimate of drug-likeness (QED) is 0.851. The first-order valence-corrected chi connectivity index (χ1v) is 6.36. The van der Waals surface area contributed by atoms with Crippen LogP contribution in [0.5, 0.6) is 0 Å². The molecule has 0 aliphatic heterocycles. The Morgan fingerprint density at radius 3 is 2.26 bits per heavy atom. The zero-order valence-electron chi connectivity index (χ0n) is 12.2. The van der Waals surface area contributed by atoms with Gasteiger partial charge in [0.05, 0.1) is 5.69 Å². The Hall–Kier alpha value is -1.97. The van der Waals surface area contributed by atoms with Gasteiger partial charge in [-0.3, -0.25) is 4.98 Å². The second kappa shape index (κ2) is 4.61. The lowest BCUT2D eigenvalue weighted by Crippen LogP contribution is -2.18. The molecule has 0 saturated heterocycles. The van der Waals surface area contributed by atoms with Gasteiger partial charge in [0.15, 0.2) is 0 Å². The third-order valence-corrected chi connectivity index (χ3v) is 3.04. The van der Waals surface area contributed by atoms with Gasteiger partial charge in [-0.15, -0.1) is 0 Å². The summed E-state index contributed by atoms with van der Waals surface area (Å²) in [5, 5.41) is 0. The maximum absolute atomic E-state index is 6.01. The van der Waals surface area contributed by atoms with E-state index in [0.29, 0.717) is 5.82 Å². The first kappa shape index (κ1) is 13.5. The molecular formula is C15H20N4. The van der Waals surface area contributed by atoms with Crippen molar-refractivity contribution >= 4 is 5.82 Å². The topological polar surface area (TPSA) is 64.7 Å². The summed E-state index contributed by atoms with van der Waals surface area (Å²) < 4.78 is 0. The third kappa shape index (κ3) is 2.72. The number of nitrogens with zero attached hydrogens (tertiary/aromatic N) is 3. The number of nitrogen functional groups attached to an aromatic ring is 1. The summed E-state index contributed by atoms with van der Waals surface area (Å²) in [5.41, 5.74) is 9.61. The van der Waals surface area contributed by atoms with Gasteiger partial charge in [0.2, 0.25) is 0 Å². The van der Waals surface area contributed by atoms with E-state index in [2.05, 4.69) is 35.7 Å². The van der Waals surface area contributed by atoms with E-state index in [4.69, 9.17) is 5.73 Å². The molecule has 2 rings (SSSR count). The van der Waals surface area contributed by atoms with E-state index in [-0.39, 0.29) is 5.41 Å². The molecule has 0 aliphatic carbocycles. The normalized spacial score (nSPS) is 11.6. The van der Waals surface area contributed by atoms with Crippen LogP contribution in [-0.2, 0) is 5.41 Å². The van der Waals surface area contributed by atoms with Crippen LogP contribution in [0.2, 0.25) is 0 Å². The lowest BCUT2D eigenvalue weighted by Gasteiger charge is -2.19. The highest BCUT2D eigenvalue weighted by molar-refractivity contribution is 5.66. The molecule has 0 unspecified atom stereocenters. The van der Waals surface area contributed by atoms with E-state index in [1.54, 1.807) is 0 Å². The number of nitrogens with two attached hydrogens (primary N) is 1. The number of aryl methyl sites for hydroxylation is 1. The van der Waals surface area contributed by atoms with Gasteiger partial charge < -0.3 is 5.73 Å². The molecule has 4 heteroatoms. The Morgan fingerprint density at radius 2 is 1.74 bits per heavy atom. The number of hydrogen-bond donors (Lipinski definition) is 1.